The molecular formula is C12H28N2O3S. The molecule has 0 spiro atoms. The molecule has 18 heavy (non-hydrogen) atoms. The average molecular weight is 280 g/mol. The molecule has 0 saturated carbocycles. The zero-order chi connectivity index (χ0) is 13.9. The average Bonchev–Trinajstić information content (AvgIpc) is 2.32. The highest BCUT2D eigenvalue weighted by Gasteiger charge is 2.11. The second-order valence-electron chi connectivity index (χ2n) is 4.39. The lowest BCUT2D eigenvalue weighted by atomic mass is 10.3. The predicted octanol–water partition coefficient (Wildman–Crippen LogP) is 1.11. The zero-order valence-corrected chi connectivity index (χ0v) is 12.7. The molecule has 0 amide bonds. The third-order valence-electron chi connectivity index (χ3n) is 2.49. The highest BCUT2D eigenvalue weighted by Crippen LogP contribution is 1.96. The van der Waals surface area contributed by atoms with Gasteiger partial charge in [-0.2, -0.15) is 0 Å². The van der Waals surface area contributed by atoms with Crippen LogP contribution >= 0.6 is 0 Å². The van der Waals surface area contributed by atoms with Gasteiger partial charge in [0.1, 0.15) is 0 Å². The zero-order valence-electron chi connectivity index (χ0n) is 11.9. The normalized spacial score (nSPS) is 13.7. The minimum absolute atomic E-state index is 0.0732. The van der Waals surface area contributed by atoms with E-state index in [0.29, 0.717) is 19.6 Å². The van der Waals surface area contributed by atoms with Crippen LogP contribution in [-0.4, -0.2) is 46.5 Å². The molecule has 1 atom stereocenters. The van der Waals surface area contributed by atoms with E-state index in [2.05, 4.69) is 17.0 Å². The fourth-order valence-electron chi connectivity index (χ4n) is 1.50. The van der Waals surface area contributed by atoms with Crippen molar-refractivity contribution >= 4 is 10.0 Å². The van der Waals surface area contributed by atoms with Gasteiger partial charge in [0.25, 0.3) is 0 Å². The maximum Gasteiger partial charge on any atom is 0.211 e. The summed E-state index contributed by atoms with van der Waals surface area (Å²) in [5.41, 5.74) is 0. The topological polar surface area (TPSA) is 67.4 Å². The third kappa shape index (κ3) is 11.0. The van der Waals surface area contributed by atoms with E-state index in [4.69, 9.17) is 4.74 Å². The smallest absolute Gasteiger partial charge is 0.211 e. The molecule has 0 heterocycles. The van der Waals surface area contributed by atoms with Gasteiger partial charge in [-0.15, -0.1) is 0 Å². The predicted molar refractivity (Wildman–Crippen MR) is 75.3 cm³/mol. The summed E-state index contributed by atoms with van der Waals surface area (Å²) < 4.78 is 31.1. The lowest BCUT2D eigenvalue weighted by Crippen LogP contribution is -2.34. The summed E-state index contributed by atoms with van der Waals surface area (Å²) in [6.45, 7) is 8.71. The number of rotatable bonds is 12. The Morgan fingerprint density at radius 2 is 1.89 bits per heavy atom. The molecule has 0 aliphatic heterocycles. The standard InChI is InChI=1S/C12H28N2O3S/c1-4-8-13-9-6-7-10-18(15,16)14-11-12(3)17-5-2/h12-14H,4-11H2,1-3H3. The maximum atomic E-state index is 11.6. The summed E-state index contributed by atoms with van der Waals surface area (Å²) in [7, 11) is -3.15. The molecule has 0 saturated heterocycles. The summed E-state index contributed by atoms with van der Waals surface area (Å²) in [5.74, 6) is 0.194. The molecule has 0 fully saturated rings. The van der Waals surface area contributed by atoms with Gasteiger partial charge in [-0.25, -0.2) is 13.1 Å². The van der Waals surface area contributed by atoms with Crippen molar-refractivity contribution in [3.63, 3.8) is 0 Å². The van der Waals surface area contributed by atoms with E-state index >= 15 is 0 Å². The molecule has 1 unspecified atom stereocenters. The maximum absolute atomic E-state index is 11.6. The largest absolute Gasteiger partial charge is 0.377 e. The molecule has 2 N–H and O–H groups in total. The Labute approximate surface area is 112 Å². The molecule has 0 bridgehead atoms. The highest BCUT2D eigenvalue weighted by atomic mass is 32.2. The fraction of sp³-hybridized carbons (Fsp3) is 1.00. The first kappa shape index (κ1) is 17.8. The third-order valence-corrected chi connectivity index (χ3v) is 3.92. The first-order valence-corrected chi connectivity index (χ1v) is 8.46. The van der Waals surface area contributed by atoms with Crippen molar-refractivity contribution < 1.29 is 13.2 Å². The number of hydrogen-bond donors (Lipinski definition) is 2. The Morgan fingerprint density at radius 1 is 1.17 bits per heavy atom. The van der Waals surface area contributed by atoms with Gasteiger partial charge >= 0.3 is 0 Å². The lowest BCUT2D eigenvalue weighted by Gasteiger charge is -2.12. The van der Waals surface area contributed by atoms with Gasteiger partial charge in [0.05, 0.1) is 11.9 Å². The molecule has 0 radical (unpaired) electrons. The Morgan fingerprint density at radius 3 is 2.50 bits per heavy atom. The van der Waals surface area contributed by atoms with Crippen LogP contribution in [0.4, 0.5) is 0 Å². The van der Waals surface area contributed by atoms with Gasteiger partial charge in [-0.05, 0) is 46.2 Å². The van der Waals surface area contributed by atoms with Crippen molar-refractivity contribution in [2.24, 2.45) is 0 Å². The monoisotopic (exact) mass is 280 g/mol. The van der Waals surface area contributed by atoms with Crippen molar-refractivity contribution in [3.8, 4) is 0 Å². The van der Waals surface area contributed by atoms with Crippen LogP contribution in [0.1, 0.15) is 40.0 Å². The minimum atomic E-state index is -3.15. The van der Waals surface area contributed by atoms with Crippen LogP contribution in [0.25, 0.3) is 0 Å². The van der Waals surface area contributed by atoms with Crippen LogP contribution in [0.2, 0.25) is 0 Å². The van der Waals surface area contributed by atoms with Gasteiger partial charge < -0.3 is 10.1 Å². The number of unbranched alkanes of at least 4 members (excludes halogenated alkanes) is 1. The van der Waals surface area contributed by atoms with Crippen molar-refractivity contribution in [1.82, 2.24) is 10.0 Å². The van der Waals surface area contributed by atoms with Crippen molar-refractivity contribution in [2.75, 3.05) is 32.0 Å². The molecular weight excluding hydrogens is 252 g/mol. The summed E-state index contributed by atoms with van der Waals surface area (Å²) in [6, 6.07) is 0. The van der Waals surface area contributed by atoms with E-state index in [0.717, 1.165) is 25.9 Å². The lowest BCUT2D eigenvalue weighted by molar-refractivity contribution is 0.0799. The van der Waals surface area contributed by atoms with E-state index < -0.39 is 10.0 Å². The Bertz CT molecular complexity index is 281. The van der Waals surface area contributed by atoms with E-state index in [1.54, 1.807) is 0 Å². The molecule has 110 valence electrons. The first-order valence-electron chi connectivity index (χ1n) is 6.81. The SMILES string of the molecule is CCCNCCCCS(=O)(=O)NCC(C)OCC. The number of sulfonamides is 1. The molecule has 6 heteroatoms. The summed E-state index contributed by atoms with van der Waals surface area (Å²) in [5, 5.41) is 3.25. The van der Waals surface area contributed by atoms with Gasteiger partial charge in [0.15, 0.2) is 0 Å². The van der Waals surface area contributed by atoms with Crippen molar-refractivity contribution in [2.45, 2.75) is 46.1 Å². The van der Waals surface area contributed by atoms with E-state index in [-0.39, 0.29) is 11.9 Å². The van der Waals surface area contributed by atoms with Crippen molar-refractivity contribution in [1.29, 1.82) is 0 Å². The summed E-state index contributed by atoms with van der Waals surface area (Å²) in [6.07, 6.45) is 2.61. The molecule has 5 nitrogen and oxygen atoms in total. The van der Waals surface area contributed by atoms with Crippen molar-refractivity contribution in [3.05, 3.63) is 0 Å². The second-order valence-corrected chi connectivity index (χ2v) is 6.32. The van der Waals surface area contributed by atoms with E-state index in [1.807, 2.05) is 13.8 Å². The molecule has 0 aromatic heterocycles. The van der Waals surface area contributed by atoms with E-state index in [1.165, 1.54) is 0 Å². The van der Waals surface area contributed by atoms with Crippen LogP contribution in [0.5, 0.6) is 0 Å². The number of hydrogen-bond acceptors (Lipinski definition) is 4. The van der Waals surface area contributed by atoms with Crippen LogP contribution in [0.3, 0.4) is 0 Å². The van der Waals surface area contributed by atoms with Crippen LogP contribution in [-0.2, 0) is 14.8 Å². The van der Waals surface area contributed by atoms with Gasteiger partial charge in [0.2, 0.25) is 10.0 Å². The van der Waals surface area contributed by atoms with Gasteiger partial charge in [-0.3, -0.25) is 0 Å². The summed E-state index contributed by atoms with van der Waals surface area (Å²) >= 11 is 0. The van der Waals surface area contributed by atoms with Gasteiger partial charge in [0, 0.05) is 13.2 Å². The quantitative estimate of drug-likeness (QED) is 0.526. The first-order chi connectivity index (χ1) is 8.52. The molecule has 0 aromatic carbocycles. The Kier molecular flexibility index (Phi) is 10.6. The summed E-state index contributed by atoms with van der Waals surface area (Å²) in [4.78, 5) is 0. The Balaban J connectivity index is 3.61. The minimum Gasteiger partial charge on any atom is -0.377 e. The molecule has 0 rings (SSSR count). The number of ether oxygens (including phenoxy) is 1. The molecule has 0 aliphatic rings. The number of nitrogens with one attached hydrogen (secondary N) is 2. The van der Waals surface area contributed by atoms with Crippen LogP contribution < -0.4 is 10.0 Å². The molecule has 0 aromatic rings. The molecule has 0 aliphatic carbocycles. The highest BCUT2D eigenvalue weighted by molar-refractivity contribution is 7.89. The second kappa shape index (κ2) is 10.7. The van der Waals surface area contributed by atoms with Crippen LogP contribution in [0, 0.1) is 0 Å². The Hall–Kier alpha value is -0.170. The van der Waals surface area contributed by atoms with E-state index in [9.17, 15) is 8.42 Å². The van der Waals surface area contributed by atoms with Crippen LogP contribution in [0.15, 0.2) is 0 Å². The van der Waals surface area contributed by atoms with Gasteiger partial charge in [-0.1, -0.05) is 6.92 Å². The fourth-order valence-corrected chi connectivity index (χ4v) is 2.72.